The van der Waals surface area contributed by atoms with E-state index in [-0.39, 0.29) is 6.10 Å². The minimum atomic E-state index is 0.130. The summed E-state index contributed by atoms with van der Waals surface area (Å²) in [5.74, 6) is 2.61. The van der Waals surface area contributed by atoms with Crippen LogP contribution in [0, 0.1) is 6.92 Å². The Kier molecular flexibility index (Phi) is 1.77. The highest BCUT2D eigenvalue weighted by atomic mass is 16.5. The third kappa shape index (κ3) is 1.23. The SMILES string of the molecule is Cc1ccoc1-c1nnc2n1C[C@H]1CC[C@@H]2O1. The number of nitrogens with zero attached hydrogens (tertiary/aromatic N) is 3. The highest BCUT2D eigenvalue weighted by Crippen LogP contribution is 2.39. The Hall–Kier alpha value is -1.62. The molecule has 0 unspecified atom stereocenters. The molecule has 17 heavy (non-hydrogen) atoms. The Labute approximate surface area is 98.4 Å². The van der Waals surface area contributed by atoms with Gasteiger partial charge in [0, 0.05) is 0 Å². The Morgan fingerprint density at radius 1 is 1.35 bits per heavy atom. The summed E-state index contributed by atoms with van der Waals surface area (Å²) in [5.41, 5.74) is 1.10. The number of ether oxygens (including phenoxy) is 1. The van der Waals surface area contributed by atoms with Gasteiger partial charge in [0.1, 0.15) is 6.10 Å². The Morgan fingerprint density at radius 3 is 3.12 bits per heavy atom. The monoisotopic (exact) mass is 231 g/mol. The van der Waals surface area contributed by atoms with E-state index in [1.54, 1.807) is 6.26 Å². The first kappa shape index (κ1) is 9.41. The van der Waals surface area contributed by atoms with Gasteiger partial charge in [-0.3, -0.25) is 0 Å². The second kappa shape index (κ2) is 3.20. The van der Waals surface area contributed by atoms with Crippen LogP contribution < -0.4 is 0 Å². The normalized spacial score (nSPS) is 26.2. The molecule has 0 aromatic carbocycles. The number of hydrogen-bond acceptors (Lipinski definition) is 4. The highest BCUT2D eigenvalue weighted by molar-refractivity contribution is 5.52. The minimum absolute atomic E-state index is 0.130. The van der Waals surface area contributed by atoms with Crippen molar-refractivity contribution in [3.8, 4) is 11.6 Å². The molecule has 2 bridgehead atoms. The fourth-order valence-corrected chi connectivity index (χ4v) is 2.74. The van der Waals surface area contributed by atoms with Gasteiger partial charge in [0.2, 0.25) is 0 Å². The first-order valence-corrected chi connectivity index (χ1v) is 5.96. The van der Waals surface area contributed by atoms with Gasteiger partial charge < -0.3 is 13.7 Å². The van der Waals surface area contributed by atoms with Crippen molar-refractivity contribution in [1.82, 2.24) is 14.8 Å². The molecule has 2 aliphatic heterocycles. The molecule has 2 aliphatic rings. The zero-order chi connectivity index (χ0) is 11.4. The molecule has 4 rings (SSSR count). The van der Waals surface area contributed by atoms with Crippen molar-refractivity contribution < 1.29 is 9.15 Å². The highest BCUT2D eigenvalue weighted by Gasteiger charge is 2.37. The lowest BCUT2D eigenvalue weighted by Crippen LogP contribution is -2.24. The number of fused-ring (bicyclic) bond motifs is 4. The van der Waals surface area contributed by atoms with E-state index in [4.69, 9.17) is 9.15 Å². The lowest BCUT2D eigenvalue weighted by atomic mass is 10.2. The number of furan rings is 1. The summed E-state index contributed by atoms with van der Waals surface area (Å²) < 4.78 is 13.5. The lowest BCUT2D eigenvalue weighted by Gasteiger charge is -2.22. The van der Waals surface area contributed by atoms with Crippen molar-refractivity contribution in [2.24, 2.45) is 0 Å². The van der Waals surface area contributed by atoms with Crippen LogP contribution in [0.3, 0.4) is 0 Å². The average molecular weight is 231 g/mol. The van der Waals surface area contributed by atoms with Gasteiger partial charge in [-0.25, -0.2) is 0 Å². The van der Waals surface area contributed by atoms with Crippen LogP contribution in [0.5, 0.6) is 0 Å². The van der Waals surface area contributed by atoms with Gasteiger partial charge in [0.15, 0.2) is 17.4 Å². The van der Waals surface area contributed by atoms with Crippen LogP contribution in [-0.4, -0.2) is 20.9 Å². The molecule has 5 heteroatoms. The van der Waals surface area contributed by atoms with Gasteiger partial charge in [-0.1, -0.05) is 0 Å². The number of aryl methyl sites for hydroxylation is 1. The molecule has 5 nitrogen and oxygen atoms in total. The predicted molar refractivity (Wildman–Crippen MR) is 59.3 cm³/mol. The number of hydrogen-bond donors (Lipinski definition) is 0. The van der Waals surface area contributed by atoms with E-state index in [1.807, 2.05) is 13.0 Å². The van der Waals surface area contributed by atoms with E-state index in [9.17, 15) is 0 Å². The molecule has 4 heterocycles. The van der Waals surface area contributed by atoms with Crippen molar-refractivity contribution in [2.45, 2.75) is 38.5 Å². The predicted octanol–water partition coefficient (Wildman–Crippen LogP) is 2.08. The Balaban J connectivity index is 1.87. The third-order valence-corrected chi connectivity index (χ3v) is 3.63. The van der Waals surface area contributed by atoms with Gasteiger partial charge in [-0.15, -0.1) is 10.2 Å². The number of rotatable bonds is 1. The van der Waals surface area contributed by atoms with Crippen LogP contribution >= 0.6 is 0 Å². The standard InChI is InChI=1S/C12H13N3O2/c1-7-4-5-16-10(7)12-14-13-11-9-3-2-8(17-9)6-15(11)12/h4-5,8-9H,2-3,6H2,1H3/t8-,9+/m1/s1. The van der Waals surface area contributed by atoms with E-state index >= 15 is 0 Å². The van der Waals surface area contributed by atoms with Crippen LogP contribution in [0.1, 0.15) is 30.3 Å². The van der Waals surface area contributed by atoms with Crippen molar-refractivity contribution in [3.63, 3.8) is 0 Å². The molecule has 0 amide bonds. The average Bonchev–Trinajstić information content (AvgIpc) is 2.99. The van der Waals surface area contributed by atoms with Crippen molar-refractivity contribution >= 4 is 0 Å². The first-order chi connectivity index (χ1) is 8.33. The van der Waals surface area contributed by atoms with Crippen LogP contribution in [0.15, 0.2) is 16.7 Å². The van der Waals surface area contributed by atoms with Crippen LogP contribution in [0.4, 0.5) is 0 Å². The van der Waals surface area contributed by atoms with Crippen LogP contribution in [0.2, 0.25) is 0 Å². The van der Waals surface area contributed by atoms with E-state index in [0.29, 0.717) is 6.10 Å². The molecular weight excluding hydrogens is 218 g/mol. The van der Waals surface area contributed by atoms with E-state index in [1.165, 1.54) is 0 Å². The van der Waals surface area contributed by atoms with Crippen molar-refractivity contribution in [1.29, 1.82) is 0 Å². The van der Waals surface area contributed by atoms with Gasteiger partial charge in [0.25, 0.3) is 0 Å². The summed E-state index contributed by atoms with van der Waals surface area (Å²) in [6, 6.07) is 1.95. The zero-order valence-electron chi connectivity index (χ0n) is 9.59. The van der Waals surface area contributed by atoms with E-state index < -0.39 is 0 Å². The van der Waals surface area contributed by atoms with Gasteiger partial charge in [-0.05, 0) is 31.4 Å². The summed E-state index contributed by atoms with van der Waals surface area (Å²) in [4.78, 5) is 0. The summed E-state index contributed by atoms with van der Waals surface area (Å²) in [6.45, 7) is 2.86. The van der Waals surface area contributed by atoms with Gasteiger partial charge in [0.05, 0.1) is 18.9 Å². The molecule has 2 atom stereocenters. The molecule has 1 saturated heterocycles. The smallest absolute Gasteiger partial charge is 0.200 e. The van der Waals surface area contributed by atoms with Crippen molar-refractivity contribution in [3.05, 3.63) is 23.7 Å². The summed E-state index contributed by atoms with van der Waals surface area (Å²) in [5, 5.41) is 8.52. The maximum absolute atomic E-state index is 5.83. The van der Waals surface area contributed by atoms with Crippen LogP contribution in [0.25, 0.3) is 11.6 Å². The minimum Gasteiger partial charge on any atom is -0.461 e. The largest absolute Gasteiger partial charge is 0.461 e. The summed E-state index contributed by atoms with van der Waals surface area (Å²) in [7, 11) is 0. The molecule has 0 spiro atoms. The molecular formula is C12H13N3O2. The maximum atomic E-state index is 5.83. The Morgan fingerprint density at radius 2 is 2.29 bits per heavy atom. The molecule has 2 aromatic heterocycles. The van der Waals surface area contributed by atoms with E-state index in [2.05, 4.69) is 14.8 Å². The molecule has 0 radical (unpaired) electrons. The van der Waals surface area contributed by atoms with Crippen LogP contribution in [-0.2, 0) is 11.3 Å². The molecule has 0 N–H and O–H groups in total. The second-order valence-corrected chi connectivity index (χ2v) is 4.75. The number of aromatic nitrogens is 3. The van der Waals surface area contributed by atoms with Gasteiger partial charge in [-0.2, -0.15) is 0 Å². The molecule has 1 fully saturated rings. The zero-order valence-corrected chi connectivity index (χ0v) is 9.59. The summed E-state index contributed by atoms with van der Waals surface area (Å²) >= 11 is 0. The van der Waals surface area contributed by atoms with Crippen molar-refractivity contribution in [2.75, 3.05) is 0 Å². The lowest BCUT2D eigenvalue weighted by molar-refractivity contribution is 0.00624. The second-order valence-electron chi connectivity index (χ2n) is 4.75. The Bertz CT molecular complexity index is 572. The molecule has 2 aromatic rings. The molecule has 0 aliphatic carbocycles. The molecule has 88 valence electrons. The first-order valence-electron chi connectivity index (χ1n) is 5.96. The third-order valence-electron chi connectivity index (χ3n) is 3.63. The summed E-state index contributed by atoms with van der Waals surface area (Å²) in [6.07, 6.45) is 4.31. The fourth-order valence-electron chi connectivity index (χ4n) is 2.74. The molecule has 0 saturated carbocycles. The fraction of sp³-hybridized carbons (Fsp3) is 0.500. The topological polar surface area (TPSA) is 53.1 Å². The maximum Gasteiger partial charge on any atom is 0.200 e. The van der Waals surface area contributed by atoms with Gasteiger partial charge >= 0.3 is 0 Å². The van der Waals surface area contributed by atoms with E-state index in [0.717, 1.165) is 42.4 Å². The quantitative estimate of drug-likeness (QED) is 0.754.